The second-order valence-electron chi connectivity index (χ2n) is 6.29. The van der Waals surface area contributed by atoms with Crippen LogP contribution in [-0.4, -0.2) is 6.54 Å². The predicted octanol–water partition coefficient (Wildman–Crippen LogP) is 4.65. The molecule has 0 saturated carbocycles. The summed E-state index contributed by atoms with van der Waals surface area (Å²) in [6.07, 6.45) is 0.756. The molecular weight excluding hydrogens is 322 g/mol. The fourth-order valence-electron chi connectivity index (χ4n) is 2.85. The van der Waals surface area contributed by atoms with E-state index in [0.29, 0.717) is 19.8 Å². The van der Waals surface area contributed by atoms with Crippen LogP contribution in [-0.2, 0) is 19.6 Å². The molecule has 3 aromatic rings. The zero-order valence-electron chi connectivity index (χ0n) is 15.2. The van der Waals surface area contributed by atoms with Crippen molar-refractivity contribution < 1.29 is 9.47 Å². The lowest BCUT2D eigenvalue weighted by Gasteiger charge is -2.18. The number of nitrogens with two attached hydrogens (primary N) is 1. The molecule has 134 valence electrons. The molecule has 0 atom stereocenters. The molecule has 26 heavy (non-hydrogen) atoms. The van der Waals surface area contributed by atoms with E-state index in [-0.39, 0.29) is 0 Å². The van der Waals surface area contributed by atoms with E-state index < -0.39 is 0 Å². The van der Waals surface area contributed by atoms with Crippen molar-refractivity contribution in [1.29, 1.82) is 0 Å². The molecule has 3 nitrogen and oxygen atoms in total. The Hall–Kier alpha value is -2.78. The van der Waals surface area contributed by atoms with E-state index in [0.717, 1.165) is 40.2 Å². The first-order chi connectivity index (χ1) is 12.8. The number of hydrogen-bond acceptors (Lipinski definition) is 3. The van der Waals surface area contributed by atoms with Crippen molar-refractivity contribution in [3.05, 3.63) is 95.1 Å². The Kier molecular flexibility index (Phi) is 6.29. The molecular formula is C23H25NO2. The zero-order chi connectivity index (χ0) is 18.2. The topological polar surface area (TPSA) is 44.5 Å². The third-order valence-electron chi connectivity index (χ3n) is 4.26. The Labute approximate surface area is 155 Å². The number of ether oxygens (including phenoxy) is 2. The highest BCUT2D eigenvalue weighted by molar-refractivity contribution is 5.52. The Balaban J connectivity index is 1.84. The minimum atomic E-state index is 0.504. The first kappa shape index (κ1) is 18.0. The largest absolute Gasteiger partial charge is 0.485 e. The van der Waals surface area contributed by atoms with Crippen molar-refractivity contribution in [3.63, 3.8) is 0 Å². The van der Waals surface area contributed by atoms with Gasteiger partial charge < -0.3 is 15.2 Å². The molecule has 0 heterocycles. The van der Waals surface area contributed by atoms with Crippen LogP contribution in [0.25, 0.3) is 0 Å². The highest BCUT2D eigenvalue weighted by Crippen LogP contribution is 2.36. The lowest BCUT2D eigenvalue weighted by atomic mass is 10.1. The highest BCUT2D eigenvalue weighted by atomic mass is 16.5. The first-order valence-corrected chi connectivity index (χ1v) is 8.94. The summed E-state index contributed by atoms with van der Waals surface area (Å²) >= 11 is 0. The summed E-state index contributed by atoms with van der Waals surface area (Å²) in [6, 6.07) is 24.5. The van der Waals surface area contributed by atoms with Crippen molar-refractivity contribution in [1.82, 2.24) is 0 Å². The van der Waals surface area contributed by atoms with Gasteiger partial charge in [-0.3, -0.25) is 0 Å². The summed E-state index contributed by atoms with van der Waals surface area (Å²) in [5.74, 6) is 1.60. The minimum absolute atomic E-state index is 0.504. The van der Waals surface area contributed by atoms with E-state index >= 15 is 0 Å². The van der Waals surface area contributed by atoms with E-state index in [4.69, 9.17) is 15.2 Å². The van der Waals surface area contributed by atoms with Gasteiger partial charge in [0.25, 0.3) is 0 Å². The molecule has 0 aliphatic heterocycles. The Morgan fingerprint density at radius 2 is 1.23 bits per heavy atom. The van der Waals surface area contributed by atoms with E-state index in [9.17, 15) is 0 Å². The van der Waals surface area contributed by atoms with Crippen molar-refractivity contribution in [3.8, 4) is 11.5 Å². The highest BCUT2D eigenvalue weighted by Gasteiger charge is 2.15. The summed E-state index contributed by atoms with van der Waals surface area (Å²) in [5, 5.41) is 0. The van der Waals surface area contributed by atoms with Crippen LogP contribution >= 0.6 is 0 Å². The standard InChI is InChI=1S/C23H25NO2/c1-18-12-13-21(14-15-24)23(26-17-20-10-6-3-7-11-20)22(18)25-16-19-8-4-2-5-9-19/h2-13H,14-17,24H2,1H3. The number of hydrogen-bond donors (Lipinski definition) is 1. The molecule has 0 amide bonds. The quantitative estimate of drug-likeness (QED) is 0.645. The van der Waals surface area contributed by atoms with Crippen molar-refractivity contribution >= 4 is 0 Å². The van der Waals surface area contributed by atoms with Crippen LogP contribution in [0.1, 0.15) is 22.3 Å². The molecule has 3 rings (SSSR count). The van der Waals surface area contributed by atoms with Gasteiger partial charge in [0.1, 0.15) is 13.2 Å². The van der Waals surface area contributed by atoms with Gasteiger partial charge in [0.2, 0.25) is 0 Å². The van der Waals surface area contributed by atoms with E-state index in [1.54, 1.807) is 0 Å². The molecule has 0 aliphatic rings. The molecule has 0 fully saturated rings. The molecule has 0 radical (unpaired) electrons. The van der Waals surface area contributed by atoms with E-state index in [1.807, 2.05) is 43.3 Å². The average molecular weight is 347 g/mol. The predicted molar refractivity (Wildman–Crippen MR) is 105 cm³/mol. The van der Waals surface area contributed by atoms with Crippen LogP contribution in [0.2, 0.25) is 0 Å². The maximum absolute atomic E-state index is 6.20. The van der Waals surface area contributed by atoms with Crippen molar-refractivity contribution in [2.75, 3.05) is 6.54 Å². The molecule has 3 aromatic carbocycles. The summed E-state index contributed by atoms with van der Waals surface area (Å²) in [4.78, 5) is 0. The number of rotatable bonds is 8. The second-order valence-corrected chi connectivity index (χ2v) is 6.29. The van der Waals surface area contributed by atoms with E-state index in [1.165, 1.54) is 0 Å². The van der Waals surface area contributed by atoms with Gasteiger partial charge in [-0.25, -0.2) is 0 Å². The summed E-state index contributed by atoms with van der Waals surface area (Å²) in [5.41, 5.74) is 10.2. The van der Waals surface area contributed by atoms with Crippen LogP contribution in [0.4, 0.5) is 0 Å². The second kappa shape index (κ2) is 9.07. The fraction of sp³-hybridized carbons (Fsp3) is 0.217. The average Bonchev–Trinajstić information content (AvgIpc) is 2.69. The van der Waals surface area contributed by atoms with Gasteiger partial charge in [-0.1, -0.05) is 72.8 Å². The molecule has 0 spiro atoms. The van der Waals surface area contributed by atoms with Gasteiger partial charge in [0.05, 0.1) is 0 Å². The smallest absolute Gasteiger partial charge is 0.165 e. The molecule has 0 aromatic heterocycles. The molecule has 0 aliphatic carbocycles. The number of benzene rings is 3. The van der Waals surface area contributed by atoms with Crippen molar-refractivity contribution in [2.45, 2.75) is 26.6 Å². The molecule has 3 heteroatoms. The van der Waals surface area contributed by atoms with Gasteiger partial charge in [-0.2, -0.15) is 0 Å². The van der Waals surface area contributed by atoms with Gasteiger partial charge >= 0.3 is 0 Å². The van der Waals surface area contributed by atoms with Gasteiger partial charge in [-0.05, 0) is 42.1 Å². The van der Waals surface area contributed by atoms with Crippen LogP contribution in [0.15, 0.2) is 72.8 Å². The minimum Gasteiger partial charge on any atom is -0.485 e. The van der Waals surface area contributed by atoms with E-state index in [2.05, 4.69) is 36.4 Å². The Morgan fingerprint density at radius 3 is 1.77 bits per heavy atom. The maximum atomic E-state index is 6.20. The Bertz CT molecular complexity index is 816. The van der Waals surface area contributed by atoms with Crippen molar-refractivity contribution in [2.24, 2.45) is 5.73 Å². The molecule has 0 unspecified atom stereocenters. The fourth-order valence-corrected chi connectivity index (χ4v) is 2.85. The molecule has 0 bridgehead atoms. The first-order valence-electron chi connectivity index (χ1n) is 8.94. The Morgan fingerprint density at radius 1 is 0.692 bits per heavy atom. The summed E-state index contributed by atoms with van der Waals surface area (Å²) in [6.45, 7) is 3.63. The van der Waals surface area contributed by atoms with Crippen LogP contribution in [0, 0.1) is 6.92 Å². The number of aryl methyl sites for hydroxylation is 1. The monoisotopic (exact) mass is 347 g/mol. The summed E-state index contributed by atoms with van der Waals surface area (Å²) < 4.78 is 12.4. The third-order valence-corrected chi connectivity index (χ3v) is 4.26. The molecule has 2 N–H and O–H groups in total. The maximum Gasteiger partial charge on any atom is 0.165 e. The van der Waals surface area contributed by atoms with Crippen LogP contribution in [0.3, 0.4) is 0 Å². The lowest BCUT2D eigenvalue weighted by molar-refractivity contribution is 0.252. The SMILES string of the molecule is Cc1ccc(CCN)c(OCc2ccccc2)c1OCc1ccccc1. The molecule has 0 saturated heterocycles. The zero-order valence-corrected chi connectivity index (χ0v) is 15.2. The van der Waals surface area contributed by atoms with Gasteiger partial charge in [0.15, 0.2) is 11.5 Å². The van der Waals surface area contributed by atoms with Crippen LogP contribution < -0.4 is 15.2 Å². The summed E-state index contributed by atoms with van der Waals surface area (Å²) in [7, 11) is 0. The van der Waals surface area contributed by atoms with Gasteiger partial charge in [0, 0.05) is 0 Å². The van der Waals surface area contributed by atoms with Gasteiger partial charge in [-0.15, -0.1) is 0 Å². The third kappa shape index (κ3) is 4.64. The van der Waals surface area contributed by atoms with Crippen LogP contribution in [0.5, 0.6) is 11.5 Å². The normalized spacial score (nSPS) is 10.5. The lowest BCUT2D eigenvalue weighted by Crippen LogP contribution is -2.08.